The van der Waals surface area contributed by atoms with Crippen molar-refractivity contribution < 1.29 is 17.9 Å². The Morgan fingerprint density at radius 3 is 2.69 bits per heavy atom. The summed E-state index contributed by atoms with van der Waals surface area (Å²) in [6.07, 6.45) is 1.81. The van der Waals surface area contributed by atoms with E-state index in [0.29, 0.717) is 30.8 Å². The third-order valence-electron chi connectivity index (χ3n) is 4.48. The van der Waals surface area contributed by atoms with Gasteiger partial charge in [-0.25, -0.2) is 8.42 Å². The summed E-state index contributed by atoms with van der Waals surface area (Å²) in [6, 6.07) is 12.8. The maximum Gasteiger partial charge on any atom is 0.253 e. The van der Waals surface area contributed by atoms with Gasteiger partial charge in [0.15, 0.2) is 0 Å². The van der Waals surface area contributed by atoms with E-state index in [1.165, 1.54) is 10.6 Å². The van der Waals surface area contributed by atoms with E-state index in [0.717, 1.165) is 16.9 Å². The number of amides is 1. The summed E-state index contributed by atoms with van der Waals surface area (Å²) in [4.78, 5) is 14.4. The summed E-state index contributed by atoms with van der Waals surface area (Å²) in [5.41, 5.74) is 3.09. The molecule has 0 radical (unpaired) electrons. The normalized spacial score (nSPS) is 13.4. The van der Waals surface area contributed by atoms with Crippen LogP contribution in [-0.2, 0) is 23.0 Å². The van der Waals surface area contributed by atoms with E-state index in [4.69, 9.17) is 4.74 Å². The van der Waals surface area contributed by atoms with Crippen molar-refractivity contribution in [1.82, 2.24) is 4.90 Å². The van der Waals surface area contributed by atoms with Crippen molar-refractivity contribution in [1.29, 1.82) is 0 Å². The Labute approximate surface area is 154 Å². The smallest absolute Gasteiger partial charge is 0.253 e. The molecule has 0 aromatic heterocycles. The summed E-state index contributed by atoms with van der Waals surface area (Å²) >= 11 is 0. The fourth-order valence-corrected chi connectivity index (χ4v) is 4.14. The van der Waals surface area contributed by atoms with E-state index in [-0.39, 0.29) is 5.91 Å². The lowest BCUT2D eigenvalue weighted by atomic mass is 10.1. The van der Waals surface area contributed by atoms with E-state index < -0.39 is 10.0 Å². The molecule has 3 rings (SSSR count). The zero-order chi connectivity index (χ0) is 18.9. The Bertz CT molecular complexity index is 940. The third kappa shape index (κ3) is 3.67. The zero-order valence-electron chi connectivity index (χ0n) is 15.1. The van der Waals surface area contributed by atoms with E-state index >= 15 is 0 Å². The largest absolute Gasteiger partial charge is 0.497 e. The number of hydrogen-bond acceptors (Lipinski definition) is 4. The molecule has 0 bridgehead atoms. The number of benzene rings is 2. The van der Waals surface area contributed by atoms with Crippen LogP contribution in [0.25, 0.3) is 0 Å². The molecule has 0 atom stereocenters. The second-order valence-corrected chi connectivity index (χ2v) is 8.35. The van der Waals surface area contributed by atoms with Crippen molar-refractivity contribution in [2.75, 3.05) is 31.3 Å². The molecule has 2 aromatic rings. The van der Waals surface area contributed by atoms with Gasteiger partial charge in [0.25, 0.3) is 5.91 Å². The van der Waals surface area contributed by atoms with Crippen LogP contribution >= 0.6 is 0 Å². The number of fused-ring (bicyclic) bond motifs is 1. The fourth-order valence-electron chi connectivity index (χ4n) is 3.19. The first kappa shape index (κ1) is 18.3. The Hall–Kier alpha value is -2.54. The van der Waals surface area contributed by atoms with Crippen molar-refractivity contribution in [2.45, 2.75) is 13.0 Å². The van der Waals surface area contributed by atoms with Gasteiger partial charge in [-0.1, -0.05) is 12.1 Å². The standard InChI is InChI=1S/C19H22N2O4S/c1-20(13-14-5-4-6-17(11-14)25-2)19(22)16-7-8-18-15(12-16)9-10-21(18)26(3,23)24/h4-8,11-12H,9-10,13H2,1-3H3. The molecule has 2 aromatic carbocycles. The molecule has 0 N–H and O–H groups in total. The van der Waals surface area contributed by atoms with Gasteiger partial charge in [-0.3, -0.25) is 9.10 Å². The lowest BCUT2D eigenvalue weighted by molar-refractivity contribution is 0.0785. The van der Waals surface area contributed by atoms with Crippen molar-refractivity contribution in [3.63, 3.8) is 0 Å². The van der Waals surface area contributed by atoms with Crippen LogP contribution in [0.5, 0.6) is 5.75 Å². The number of sulfonamides is 1. The van der Waals surface area contributed by atoms with Crippen molar-refractivity contribution in [3.05, 3.63) is 59.2 Å². The minimum atomic E-state index is -3.29. The van der Waals surface area contributed by atoms with Crippen molar-refractivity contribution in [3.8, 4) is 5.75 Å². The van der Waals surface area contributed by atoms with Gasteiger partial charge in [-0.2, -0.15) is 0 Å². The van der Waals surface area contributed by atoms with Crippen LogP contribution in [0.15, 0.2) is 42.5 Å². The first-order chi connectivity index (χ1) is 12.3. The Morgan fingerprint density at radius 1 is 1.23 bits per heavy atom. The van der Waals surface area contributed by atoms with Gasteiger partial charge in [0.1, 0.15) is 5.75 Å². The SMILES string of the molecule is COc1cccc(CN(C)C(=O)c2ccc3c(c2)CCN3S(C)(=O)=O)c1. The lowest BCUT2D eigenvalue weighted by Gasteiger charge is -2.19. The monoisotopic (exact) mass is 374 g/mol. The van der Waals surface area contributed by atoms with Gasteiger partial charge in [0.2, 0.25) is 10.0 Å². The highest BCUT2D eigenvalue weighted by Crippen LogP contribution is 2.31. The van der Waals surface area contributed by atoms with Crippen LogP contribution in [0.1, 0.15) is 21.5 Å². The average Bonchev–Trinajstić information content (AvgIpc) is 3.04. The molecule has 26 heavy (non-hydrogen) atoms. The quantitative estimate of drug-likeness (QED) is 0.805. The third-order valence-corrected chi connectivity index (χ3v) is 5.66. The van der Waals surface area contributed by atoms with Crippen LogP contribution in [0.3, 0.4) is 0 Å². The average molecular weight is 374 g/mol. The van der Waals surface area contributed by atoms with E-state index in [2.05, 4.69) is 0 Å². The van der Waals surface area contributed by atoms with Crippen LogP contribution in [0.2, 0.25) is 0 Å². The summed E-state index contributed by atoms with van der Waals surface area (Å²) < 4.78 is 30.2. The van der Waals surface area contributed by atoms with Gasteiger partial charge in [0.05, 0.1) is 19.1 Å². The molecule has 0 unspecified atom stereocenters. The van der Waals surface area contributed by atoms with Crippen LogP contribution < -0.4 is 9.04 Å². The lowest BCUT2D eigenvalue weighted by Crippen LogP contribution is -2.28. The minimum absolute atomic E-state index is 0.103. The molecule has 7 heteroatoms. The van der Waals surface area contributed by atoms with E-state index in [1.807, 2.05) is 24.3 Å². The van der Waals surface area contributed by atoms with E-state index in [1.54, 1.807) is 37.3 Å². The molecule has 1 amide bonds. The molecule has 1 aliphatic heterocycles. The Balaban J connectivity index is 1.78. The molecular formula is C19H22N2O4S. The summed E-state index contributed by atoms with van der Waals surface area (Å²) in [5.74, 6) is 0.648. The van der Waals surface area contributed by atoms with Gasteiger partial charge in [-0.05, 0) is 47.9 Å². The number of carbonyl (C=O) groups excluding carboxylic acids is 1. The topological polar surface area (TPSA) is 66.9 Å². The molecule has 1 heterocycles. The molecule has 0 saturated heterocycles. The first-order valence-electron chi connectivity index (χ1n) is 8.28. The molecule has 0 fully saturated rings. The highest BCUT2D eigenvalue weighted by Gasteiger charge is 2.27. The number of nitrogens with zero attached hydrogens (tertiary/aromatic N) is 2. The molecule has 138 valence electrons. The molecule has 0 saturated carbocycles. The predicted molar refractivity (Wildman–Crippen MR) is 101 cm³/mol. The number of carbonyl (C=O) groups is 1. The highest BCUT2D eigenvalue weighted by atomic mass is 32.2. The van der Waals surface area contributed by atoms with Gasteiger partial charge >= 0.3 is 0 Å². The summed E-state index contributed by atoms with van der Waals surface area (Å²) in [7, 11) is 0.0707. The molecule has 0 spiro atoms. The Morgan fingerprint density at radius 2 is 2.00 bits per heavy atom. The number of ether oxygens (including phenoxy) is 1. The van der Waals surface area contributed by atoms with Crippen LogP contribution in [-0.4, -0.2) is 46.2 Å². The highest BCUT2D eigenvalue weighted by molar-refractivity contribution is 7.92. The predicted octanol–water partition coefficient (Wildman–Crippen LogP) is 2.29. The maximum atomic E-state index is 12.7. The molecule has 0 aliphatic carbocycles. The number of anilines is 1. The number of methoxy groups -OCH3 is 1. The second-order valence-electron chi connectivity index (χ2n) is 6.44. The zero-order valence-corrected chi connectivity index (χ0v) is 15.9. The Kier molecular flexibility index (Phi) is 4.91. The van der Waals surface area contributed by atoms with Gasteiger partial charge in [-0.15, -0.1) is 0 Å². The number of hydrogen-bond donors (Lipinski definition) is 0. The molecular weight excluding hydrogens is 352 g/mol. The summed E-state index contributed by atoms with van der Waals surface area (Å²) in [6.45, 7) is 0.883. The van der Waals surface area contributed by atoms with Crippen molar-refractivity contribution in [2.24, 2.45) is 0 Å². The van der Waals surface area contributed by atoms with Gasteiger partial charge < -0.3 is 9.64 Å². The van der Waals surface area contributed by atoms with E-state index in [9.17, 15) is 13.2 Å². The minimum Gasteiger partial charge on any atom is -0.497 e. The van der Waals surface area contributed by atoms with Gasteiger partial charge in [0, 0.05) is 25.7 Å². The number of rotatable bonds is 5. The van der Waals surface area contributed by atoms with Crippen LogP contribution in [0, 0.1) is 0 Å². The first-order valence-corrected chi connectivity index (χ1v) is 10.1. The summed E-state index contributed by atoms with van der Waals surface area (Å²) in [5, 5.41) is 0. The fraction of sp³-hybridized carbons (Fsp3) is 0.316. The van der Waals surface area contributed by atoms with Crippen LogP contribution in [0.4, 0.5) is 5.69 Å². The molecule has 1 aliphatic rings. The van der Waals surface area contributed by atoms with Crippen molar-refractivity contribution >= 4 is 21.6 Å². The maximum absolute atomic E-state index is 12.7. The second kappa shape index (κ2) is 6.99. The molecule has 6 nitrogen and oxygen atoms in total.